The number of aryl methyl sites for hydroxylation is 2. The van der Waals surface area contributed by atoms with E-state index >= 15 is 0 Å². The third-order valence-electron chi connectivity index (χ3n) is 16.7. The highest BCUT2D eigenvalue weighted by Gasteiger charge is 2.48. The van der Waals surface area contributed by atoms with E-state index < -0.39 is 0 Å². The van der Waals surface area contributed by atoms with E-state index in [1.54, 1.807) is 0 Å². The lowest BCUT2D eigenvalue weighted by Gasteiger charge is -2.49. The maximum absolute atomic E-state index is 2.76. The van der Waals surface area contributed by atoms with E-state index in [2.05, 4.69) is 224 Å². The van der Waals surface area contributed by atoms with Gasteiger partial charge in [-0.15, -0.1) is 0 Å². The molecule has 2 aliphatic heterocycles. The summed E-state index contributed by atoms with van der Waals surface area (Å²) in [6.07, 6.45) is 4.74. The SMILES string of the molecule is Cc1ccc(C(C)(C)C)cc1N1c2ccc(-c3ccccc3)cc2B2c3cc4c(cc3N(c3cc5c(cc3C)C(C)(C)CCC5(C)C)c3cc(C(C)(C)C)cc1c32)C(C)(C)CCC4(C)C. The van der Waals surface area contributed by atoms with Crippen LogP contribution in [0.15, 0.2) is 103 Å². The van der Waals surface area contributed by atoms with Gasteiger partial charge >= 0.3 is 0 Å². The summed E-state index contributed by atoms with van der Waals surface area (Å²) in [7, 11) is 0. The zero-order valence-corrected chi connectivity index (χ0v) is 42.6. The number of hydrogen-bond acceptors (Lipinski definition) is 2. The summed E-state index contributed by atoms with van der Waals surface area (Å²) in [5, 5.41) is 0. The minimum Gasteiger partial charge on any atom is -0.311 e. The number of rotatable bonds is 3. The maximum atomic E-state index is 2.76. The van der Waals surface area contributed by atoms with Crippen molar-refractivity contribution in [3.8, 4) is 11.1 Å². The summed E-state index contributed by atoms with van der Waals surface area (Å²) in [6, 6.07) is 41.4. The van der Waals surface area contributed by atoms with Gasteiger partial charge in [0.1, 0.15) is 0 Å². The highest BCUT2D eigenvalue weighted by molar-refractivity contribution is 7.00. The van der Waals surface area contributed by atoms with Gasteiger partial charge in [-0.3, -0.25) is 0 Å². The van der Waals surface area contributed by atoms with Gasteiger partial charge < -0.3 is 9.80 Å². The van der Waals surface area contributed by atoms with Gasteiger partial charge in [-0.1, -0.05) is 164 Å². The molecule has 0 saturated heterocycles. The molecular weight excluding hydrogens is 784 g/mol. The van der Waals surface area contributed by atoms with Gasteiger partial charge in [0.05, 0.1) is 0 Å². The Morgan fingerprint density at radius 2 is 0.862 bits per heavy atom. The van der Waals surface area contributed by atoms with E-state index in [4.69, 9.17) is 0 Å². The molecule has 2 heterocycles. The van der Waals surface area contributed by atoms with Crippen molar-refractivity contribution < 1.29 is 0 Å². The molecule has 0 atom stereocenters. The highest BCUT2D eigenvalue weighted by atomic mass is 15.2. The fraction of sp³-hybridized carbons (Fsp3) is 0.419. The Bertz CT molecular complexity index is 2930. The molecule has 0 fully saturated rings. The standard InChI is InChI=1S/C62H73BN2/c1-38-22-24-42(57(3,4)5)32-51(38)64-50-25-23-41(40-20-18-17-19-21-40)31-48(50)63-49-35-45-47(62(15,16)29-27-60(45,11)12)37-53(49)65(55-34-43(58(6,7)8)33-54(64)56(55)63)52-36-46-44(30-39(52)2)59(9,10)26-28-61(46,13)14/h17-25,30-37H,26-29H2,1-16H3. The molecule has 6 aromatic carbocycles. The number of benzene rings is 6. The van der Waals surface area contributed by atoms with E-state index in [-0.39, 0.29) is 39.2 Å². The molecule has 334 valence electrons. The number of fused-ring (bicyclic) bond motifs is 6. The predicted molar refractivity (Wildman–Crippen MR) is 283 cm³/mol. The minimum atomic E-state index is -0.100. The number of anilines is 6. The van der Waals surface area contributed by atoms with Gasteiger partial charge in [-0.2, -0.15) is 0 Å². The van der Waals surface area contributed by atoms with Gasteiger partial charge in [0, 0.05) is 34.1 Å². The minimum absolute atomic E-state index is 0.00478. The number of nitrogens with zero attached hydrogens (tertiary/aromatic N) is 2. The zero-order valence-electron chi connectivity index (χ0n) is 42.6. The maximum Gasteiger partial charge on any atom is 0.252 e. The average Bonchev–Trinajstić information content (AvgIpc) is 3.23. The first-order valence-electron chi connectivity index (χ1n) is 24.7. The summed E-state index contributed by atoms with van der Waals surface area (Å²) in [5.74, 6) is 0. The Labute approximate surface area is 393 Å². The van der Waals surface area contributed by atoms with Crippen LogP contribution in [-0.2, 0) is 32.5 Å². The summed E-state index contributed by atoms with van der Waals surface area (Å²) in [4.78, 5) is 5.42. The molecule has 0 radical (unpaired) electrons. The lowest BCUT2D eigenvalue weighted by atomic mass is 9.33. The van der Waals surface area contributed by atoms with Crippen LogP contribution in [0.5, 0.6) is 0 Å². The van der Waals surface area contributed by atoms with Crippen LogP contribution in [0, 0.1) is 13.8 Å². The summed E-state index contributed by atoms with van der Waals surface area (Å²) < 4.78 is 0. The fourth-order valence-corrected chi connectivity index (χ4v) is 12.1. The van der Waals surface area contributed by atoms with E-state index in [0.29, 0.717) is 0 Å². The molecule has 0 saturated carbocycles. The summed E-state index contributed by atoms with van der Waals surface area (Å²) >= 11 is 0. The van der Waals surface area contributed by atoms with Crippen molar-refractivity contribution in [3.63, 3.8) is 0 Å². The van der Waals surface area contributed by atoms with Crippen molar-refractivity contribution in [1.29, 1.82) is 0 Å². The van der Waals surface area contributed by atoms with Gasteiger partial charge in [0.2, 0.25) is 0 Å². The second-order valence-corrected chi connectivity index (χ2v) is 25.3. The Hall–Kier alpha value is -5.02. The third-order valence-corrected chi connectivity index (χ3v) is 16.7. The Kier molecular flexibility index (Phi) is 9.61. The molecule has 2 nitrogen and oxygen atoms in total. The monoisotopic (exact) mass is 857 g/mol. The molecule has 6 aromatic rings. The summed E-state index contributed by atoms with van der Waals surface area (Å²) in [5.41, 5.74) is 26.1. The third kappa shape index (κ3) is 6.87. The molecule has 2 aliphatic carbocycles. The van der Waals surface area contributed by atoms with Crippen LogP contribution in [-0.4, -0.2) is 6.71 Å². The van der Waals surface area contributed by atoms with Gasteiger partial charge in [-0.05, 0) is 180 Å². The lowest BCUT2D eigenvalue weighted by Crippen LogP contribution is -2.62. The van der Waals surface area contributed by atoms with E-state index in [0.717, 1.165) is 0 Å². The summed E-state index contributed by atoms with van der Waals surface area (Å²) in [6.45, 7) is 38.8. The van der Waals surface area contributed by atoms with E-state index in [1.165, 1.54) is 132 Å². The van der Waals surface area contributed by atoms with E-state index in [9.17, 15) is 0 Å². The van der Waals surface area contributed by atoms with Gasteiger partial charge in [-0.25, -0.2) is 0 Å². The first-order valence-corrected chi connectivity index (χ1v) is 24.7. The zero-order chi connectivity index (χ0) is 46.6. The molecule has 0 bridgehead atoms. The Balaban J connectivity index is 1.38. The van der Waals surface area contributed by atoms with Crippen LogP contribution in [0.2, 0.25) is 0 Å². The lowest BCUT2D eigenvalue weighted by molar-refractivity contribution is 0.331. The molecule has 0 N–H and O–H groups in total. The normalized spacial score (nSPS) is 18.6. The number of hydrogen-bond donors (Lipinski definition) is 0. The molecule has 0 amide bonds. The van der Waals surface area contributed by atoms with Crippen molar-refractivity contribution in [2.75, 3.05) is 9.80 Å². The van der Waals surface area contributed by atoms with Crippen LogP contribution in [0.1, 0.15) is 167 Å². The Morgan fingerprint density at radius 3 is 1.42 bits per heavy atom. The van der Waals surface area contributed by atoms with Crippen LogP contribution in [0.25, 0.3) is 11.1 Å². The second kappa shape index (κ2) is 14.2. The first kappa shape index (κ1) is 43.9. The van der Waals surface area contributed by atoms with Crippen LogP contribution in [0.4, 0.5) is 34.1 Å². The molecule has 3 heteroatoms. The van der Waals surface area contributed by atoms with Crippen molar-refractivity contribution >= 4 is 57.2 Å². The van der Waals surface area contributed by atoms with Crippen molar-refractivity contribution in [2.45, 2.75) is 169 Å². The van der Waals surface area contributed by atoms with Crippen molar-refractivity contribution in [2.24, 2.45) is 0 Å². The quantitative estimate of drug-likeness (QED) is 0.163. The molecule has 0 unspecified atom stereocenters. The van der Waals surface area contributed by atoms with Crippen LogP contribution in [0.3, 0.4) is 0 Å². The highest BCUT2D eigenvalue weighted by Crippen LogP contribution is 2.54. The van der Waals surface area contributed by atoms with E-state index in [1.807, 2.05) is 0 Å². The van der Waals surface area contributed by atoms with Crippen molar-refractivity contribution in [3.05, 3.63) is 148 Å². The fourth-order valence-electron chi connectivity index (χ4n) is 12.1. The molecule has 0 spiro atoms. The molecule has 0 aromatic heterocycles. The molecular formula is C62H73BN2. The topological polar surface area (TPSA) is 6.48 Å². The predicted octanol–water partition coefficient (Wildman–Crippen LogP) is 15.3. The van der Waals surface area contributed by atoms with Crippen LogP contribution < -0.4 is 26.2 Å². The molecule has 10 rings (SSSR count). The van der Waals surface area contributed by atoms with Gasteiger partial charge in [0.15, 0.2) is 0 Å². The first-order chi connectivity index (χ1) is 30.3. The van der Waals surface area contributed by atoms with Crippen molar-refractivity contribution in [1.82, 2.24) is 0 Å². The smallest absolute Gasteiger partial charge is 0.252 e. The Morgan fingerprint density at radius 1 is 0.400 bits per heavy atom. The average molecular weight is 857 g/mol. The molecule has 4 aliphatic rings. The van der Waals surface area contributed by atoms with Crippen LogP contribution >= 0.6 is 0 Å². The van der Waals surface area contributed by atoms with Gasteiger partial charge in [0.25, 0.3) is 6.71 Å². The second-order valence-electron chi connectivity index (χ2n) is 25.3. The largest absolute Gasteiger partial charge is 0.311 e. The molecule has 65 heavy (non-hydrogen) atoms.